The molecule has 0 fully saturated rings. The minimum absolute atomic E-state index is 0.0208. The van der Waals surface area contributed by atoms with Crippen molar-refractivity contribution in [2.75, 3.05) is 6.54 Å². The topological polar surface area (TPSA) is 58.2 Å². The predicted octanol–water partition coefficient (Wildman–Crippen LogP) is 4.85. The Hall–Kier alpha value is -2.28. The minimum Gasteiger partial charge on any atom is -0.353 e. The molecule has 2 N–H and O–H groups in total. The average Bonchev–Trinajstić information content (AvgIpc) is 2.72. The van der Waals surface area contributed by atoms with Crippen LogP contribution in [0.25, 0.3) is 0 Å². The summed E-state index contributed by atoms with van der Waals surface area (Å²) >= 11 is 0. The van der Waals surface area contributed by atoms with Crippen molar-refractivity contribution in [1.29, 1.82) is 0 Å². The van der Waals surface area contributed by atoms with Crippen molar-refractivity contribution in [1.82, 2.24) is 10.6 Å². The number of nitrogens with one attached hydrogen (secondary N) is 2. The van der Waals surface area contributed by atoms with Crippen LogP contribution in [0.1, 0.15) is 84.3 Å². The van der Waals surface area contributed by atoms with E-state index in [2.05, 4.69) is 62.3 Å². The van der Waals surface area contributed by atoms with Gasteiger partial charge in [-0.3, -0.25) is 9.59 Å². The molecule has 1 aromatic carbocycles. The molecule has 1 aromatic rings. The summed E-state index contributed by atoms with van der Waals surface area (Å²) in [5, 5.41) is 6.04. The lowest BCUT2D eigenvalue weighted by molar-refractivity contribution is -0.125. The third kappa shape index (κ3) is 9.96. The molecule has 0 heterocycles. The van der Waals surface area contributed by atoms with Crippen LogP contribution in [0.2, 0.25) is 0 Å². The third-order valence-electron chi connectivity index (χ3n) is 5.58. The number of unbranched alkanes of at least 4 members (excludes halogenated alkanes) is 1. The average molecular weight is 413 g/mol. The van der Waals surface area contributed by atoms with Gasteiger partial charge in [0, 0.05) is 24.4 Å². The third-order valence-corrected chi connectivity index (χ3v) is 5.58. The highest BCUT2D eigenvalue weighted by Gasteiger charge is 2.18. The number of hydrogen-bond acceptors (Lipinski definition) is 2. The van der Waals surface area contributed by atoms with Crippen LogP contribution in [-0.4, -0.2) is 24.4 Å². The summed E-state index contributed by atoms with van der Waals surface area (Å²) in [5.41, 5.74) is 2.13. The van der Waals surface area contributed by atoms with E-state index in [1.165, 1.54) is 5.56 Å². The number of benzene rings is 1. The molecule has 1 rings (SSSR count). The van der Waals surface area contributed by atoms with Crippen LogP contribution in [0.4, 0.5) is 0 Å². The van der Waals surface area contributed by atoms with E-state index in [1.807, 2.05) is 12.1 Å². The molecule has 30 heavy (non-hydrogen) atoms. The zero-order valence-electron chi connectivity index (χ0n) is 19.5. The van der Waals surface area contributed by atoms with Crippen LogP contribution in [-0.2, 0) is 16.0 Å². The van der Waals surface area contributed by atoms with Crippen LogP contribution >= 0.6 is 0 Å². The maximum atomic E-state index is 12.2. The SMILES string of the molecule is CCCCC(CC)C(=O)NCC#Cc1ccc(C[C@H](NC(C)=O)C(C)CCC)cc1. The molecule has 0 spiro atoms. The molecule has 4 heteroatoms. The van der Waals surface area contributed by atoms with Gasteiger partial charge in [-0.15, -0.1) is 0 Å². The van der Waals surface area contributed by atoms with Gasteiger partial charge >= 0.3 is 0 Å². The maximum absolute atomic E-state index is 12.2. The number of rotatable bonds is 12. The number of carbonyl (C=O) groups excluding carboxylic acids is 2. The van der Waals surface area contributed by atoms with Crippen LogP contribution in [0, 0.1) is 23.7 Å². The summed E-state index contributed by atoms with van der Waals surface area (Å²) in [6, 6.07) is 8.32. The van der Waals surface area contributed by atoms with Gasteiger partial charge in [0.05, 0.1) is 6.54 Å². The Morgan fingerprint density at radius 1 is 1.03 bits per heavy atom. The predicted molar refractivity (Wildman–Crippen MR) is 125 cm³/mol. The Balaban J connectivity index is 2.60. The second-order valence-electron chi connectivity index (χ2n) is 8.24. The Bertz CT molecular complexity index is 700. The van der Waals surface area contributed by atoms with Crippen molar-refractivity contribution < 1.29 is 9.59 Å². The van der Waals surface area contributed by atoms with Crippen molar-refractivity contribution >= 4 is 11.8 Å². The molecule has 4 nitrogen and oxygen atoms in total. The Morgan fingerprint density at radius 3 is 2.30 bits per heavy atom. The lowest BCUT2D eigenvalue weighted by atomic mass is 9.91. The molecule has 0 saturated heterocycles. The number of hydrogen-bond donors (Lipinski definition) is 2. The molecule has 0 radical (unpaired) electrons. The highest BCUT2D eigenvalue weighted by atomic mass is 16.2. The van der Waals surface area contributed by atoms with Crippen LogP contribution in [0.3, 0.4) is 0 Å². The number of amides is 2. The fraction of sp³-hybridized carbons (Fsp3) is 0.615. The Morgan fingerprint density at radius 2 is 1.73 bits per heavy atom. The first kappa shape index (κ1) is 25.8. The Labute approximate surface area is 183 Å². The second-order valence-corrected chi connectivity index (χ2v) is 8.24. The monoisotopic (exact) mass is 412 g/mol. The van der Waals surface area contributed by atoms with Gasteiger partial charge in [0.25, 0.3) is 0 Å². The van der Waals surface area contributed by atoms with Crippen molar-refractivity contribution in [3.63, 3.8) is 0 Å². The van der Waals surface area contributed by atoms with Gasteiger partial charge in [-0.25, -0.2) is 0 Å². The lowest BCUT2D eigenvalue weighted by Gasteiger charge is -2.24. The molecule has 2 amide bonds. The summed E-state index contributed by atoms with van der Waals surface area (Å²) in [5.74, 6) is 6.84. The number of carbonyl (C=O) groups is 2. The standard InChI is InChI=1S/C26H40N2O2/c1-6-9-13-24(8-3)26(30)27-18-10-12-22-14-16-23(17-15-22)19-25(28-21(5)29)20(4)11-7-2/h14-17,20,24-25H,6-9,11,13,18-19H2,1-5H3,(H,27,30)(H,28,29)/t20?,24?,25-/m0/s1. The highest BCUT2D eigenvalue weighted by molar-refractivity contribution is 5.78. The van der Waals surface area contributed by atoms with Gasteiger partial charge in [0.1, 0.15) is 0 Å². The largest absolute Gasteiger partial charge is 0.353 e. The van der Waals surface area contributed by atoms with E-state index in [4.69, 9.17) is 0 Å². The summed E-state index contributed by atoms with van der Waals surface area (Å²) in [4.78, 5) is 23.8. The first-order valence-electron chi connectivity index (χ1n) is 11.5. The molecule has 166 valence electrons. The van der Waals surface area contributed by atoms with E-state index in [0.29, 0.717) is 12.5 Å². The van der Waals surface area contributed by atoms with Gasteiger partial charge < -0.3 is 10.6 Å². The summed E-state index contributed by atoms with van der Waals surface area (Å²) in [7, 11) is 0. The molecular formula is C26H40N2O2. The van der Waals surface area contributed by atoms with E-state index in [-0.39, 0.29) is 23.8 Å². The molecule has 0 bridgehead atoms. The van der Waals surface area contributed by atoms with Crippen molar-refractivity contribution in [3.05, 3.63) is 35.4 Å². The van der Waals surface area contributed by atoms with Gasteiger partial charge in [-0.2, -0.15) is 0 Å². The minimum atomic E-state index is 0.0208. The normalized spacial score (nSPS) is 13.5. The lowest BCUT2D eigenvalue weighted by Crippen LogP contribution is -2.39. The van der Waals surface area contributed by atoms with Crippen LogP contribution < -0.4 is 10.6 Å². The zero-order chi connectivity index (χ0) is 22.4. The molecule has 0 aliphatic rings. The summed E-state index contributed by atoms with van der Waals surface area (Å²) < 4.78 is 0. The Kier molecular flexibility index (Phi) is 12.6. The maximum Gasteiger partial charge on any atom is 0.223 e. The van der Waals surface area contributed by atoms with E-state index in [9.17, 15) is 9.59 Å². The smallest absolute Gasteiger partial charge is 0.223 e. The second kappa shape index (κ2) is 14.7. The fourth-order valence-electron chi connectivity index (χ4n) is 3.68. The molecule has 0 aromatic heterocycles. The zero-order valence-corrected chi connectivity index (χ0v) is 19.5. The summed E-state index contributed by atoms with van der Waals surface area (Å²) in [6.07, 6.45) is 7.05. The highest BCUT2D eigenvalue weighted by Crippen LogP contribution is 2.16. The fourth-order valence-corrected chi connectivity index (χ4v) is 3.68. The van der Waals surface area contributed by atoms with Crippen molar-refractivity contribution in [2.24, 2.45) is 11.8 Å². The molecule has 2 unspecified atom stereocenters. The van der Waals surface area contributed by atoms with Crippen LogP contribution in [0.5, 0.6) is 0 Å². The molecule has 0 aliphatic carbocycles. The molecule has 0 aliphatic heterocycles. The van der Waals surface area contributed by atoms with Gasteiger partial charge in [-0.05, 0) is 49.3 Å². The van der Waals surface area contributed by atoms with Gasteiger partial charge in [0.2, 0.25) is 11.8 Å². The molecule has 0 saturated carbocycles. The first-order valence-corrected chi connectivity index (χ1v) is 11.5. The first-order chi connectivity index (χ1) is 14.4. The van der Waals surface area contributed by atoms with E-state index >= 15 is 0 Å². The van der Waals surface area contributed by atoms with E-state index < -0.39 is 0 Å². The van der Waals surface area contributed by atoms with Crippen molar-refractivity contribution in [3.8, 4) is 11.8 Å². The van der Waals surface area contributed by atoms with E-state index in [0.717, 1.165) is 50.5 Å². The quantitative estimate of drug-likeness (QED) is 0.482. The van der Waals surface area contributed by atoms with Crippen LogP contribution in [0.15, 0.2) is 24.3 Å². The van der Waals surface area contributed by atoms with Crippen molar-refractivity contribution in [2.45, 2.75) is 85.6 Å². The van der Waals surface area contributed by atoms with Gasteiger partial charge in [0.15, 0.2) is 0 Å². The van der Waals surface area contributed by atoms with E-state index in [1.54, 1.807) is 6.92 Å². The summed E-state index contributed by atoms with van der Waals surface area (Å²) in [6.45, 7) is 10.5. The van der Waals surface area contributed by atoms with Gasteiger partial charge in [-0.1, -0.05) is 70.9 Å². The molecule has 3 atom stereocenters. The molecular weight excluding hydrogens is 372 g/mol.